The van der Waals surface area contributed by atoms with Crippen molar-refractivity contribution in [3.63, 3.8) is 0 Å². The van der Waals surface area contributed by atoms with E-state index in [1.165, 1.54) is 19.4 Å². The van der Waals surface area contributed by atoms with Crippen LogP contribution in [0.3, 0.4) is 0 Å². The van der Waals surface area contributed by atoms with Crippen LogP contribution >= 0.6 is 0 Å². The quantitative estimate of drug-likeness (QED) is 0.596. The van der Waals surface area contributed by atoms with Crippen molar-refractivity contribution in [2.24, 2.45) is 5.92 Å². The van der Waals surface area contributed by atoms with E-state index in [4.69, 9.17) is 5.26 Å². The minimum Gasteiger partial charge on any atom is -0.300 e. The zero-order valence-corrected chi connectivity index (χ0v) is 8.08. The summed E-state index contributed by atoms with van der Waals surface area (Å²) in [5.41, 5.74) is 0. The van der Waals surface area contributed by atoms with Crippen LogP contribution in [0.25, 0.3) is 0 Å². The van der Waals surface area contributed by atoms with Gasteiger partial charge in [-0.25, -0.2) is 0 Å². The minimum atomic E-state index is 0.273. The summed E-state index contributed by atoms with van der Waals surface area (Å²) in [7, 11) is 0. The molecule has 1 saturated heterocycles. The first-order chi connectivity index (χ1) is 5.74. The lowest BCUT2D eigenvalue weighted by molar-refractivity contribution is 0.217. The fourth-order valence-electron chi connectivity index (χ4n) is 1.75. The molecular formula is C10H18N2. The molecule has 1 heterocycles. The van der Waals surface area contributed by atoms with Gasteiger partial charge in [0.25, 0.3) is 0 Å². The van der Waals surface area contributed by atoms with E-state index in [0.29, 0.717) is 6.04 Å². The van der Waals surface area contributed by atoms with E-state index in [0.717, 1.165) is 13.0 Å². The first-order valence-electron chi connectivity index (χ1n) is 4.87. The number of likely N-dealkylation sites (tertiary alicyclic amines) is 1. The molecule has 0 spiro atoms. The van der Waals surface area contributed by atoms with E-state index < -0.39 is 0 Å². The summed E-state index contributed by atoms with van der Waals surface area (Å²) < 4.78 is 0. The molecule has 0 aromatic heterocycles. The van der Waals surface area contributed by atoms with Crippen LogP contribution in [0.4, 0.5) is 0 Å². The molecule has 12 heavy (non-hydrogen) atoms. The van der Waals surface area contributed by atoms with Crippen LogP contribution in [-0.4, -0.2) is 24.0 Å². The van der Waals surface area contributed by atoms with Crippen molar-refractivity contribution in [1.82, 2.24) is 4.90 Å². The topological polar surface area (TPSA) is 27.0 Å². The number of rotatable bonds is 1. The maximum absolute atomic E-state index is 8.84. The summed E-state index contributed by atoms with van der Waals surface area (Å²) in [5.74, 6) is 0.273. The number of hydrogen-bond donors (Lipinski definition) is 0. The lowest BCUT2D eigenvalue weighted by atomic mass is 10.1. The molecule has 1 aliphatic heterocycles. The van der Waals surface area contributed by atoms with E-state index >= 15 is 0 Å². The van der Waals surface area contributed by atoms with Gasteiger partial charge in [0.15, 0.2) is 0 Å². The normalized spacial score (nSPS) is 26.7. The Morgan fingerprint density at radius 1 is 1.42 bits per heavy atom. The molecule has 0 amide bonds. The van der Waals surface area contributed by atoms with Crippen LogP contribution in [0.2, 0.25) is 0 Å². The van der Waals surface area contributed by atoms with Gasteiger partial charge in [0, 0.05) is 12.6 Å². The third kappa shape index (κ3) is 2.49. The van der Waals surface area contributed by atoms with E-state index in [9.17, 15) is 0 Å². The SMILES string of the molecule is CC(C)N1CCCCC(C#N)C1. The molecule has 1 atom stereocenters. The average Bonchev–Trinajstić information content (AvgIpc) is 2.28. The maximum Gasteiger partial charge on any atom is 0.0669 e. The molecule has 0 radical (unpaired) electrons. The Balaban J connectivity index is 2.49. The number of nitriles is 1. The Kier molecular flexibility index (Phi) is 3.55. The predicted molar refractivity (Wildman–Crippen MR) is 49.7 cm³/mol. The maximum atomic E-state index is 8.84. The van der Waals surface area contributed by atoms with E-state index in [1.807, 2.05) is 0 Å². The summed E-state index contributed by atoms with van der Waals surface area (Å²) in [4.78, 5) is 2.42. The Bertz CT molecular complexity index is 169. The van der Waals surface area contributed by atoms with Crippen LogP contribution in [-0.2, 0) is 0 Å². The molecule has 0 aromatic carbocycles. The van der Waals surface area contributed by atoms with Gasteiger partial charge in [0.05, 0.1) is 12.0 Å². The second kappa shape index (κ2) is 4.47. The molecule has 0 N–H and O–H groups in total. The van der Waals surface area contributed by atoms with Gasteiger partial charge >= 0.3 is 0 Å². The fraction of sp³-hybridized carbons (Fsp3) is 0.900. The molecule has 0 bridgehead atoms. The monoisotopic (exact) mass is 166 g/mol. The summed E-state index contributed by atoms with van der Waals surface area (Å²) in [5, 5.41) is 8.84. The van der Waals surface area contributed by atoms with Crippen molar-refractivity contribution in [3.8, 4) is 6.07 Å². The lowest BCUT2D eigenvalue weighted by Gasteiger charge is -2.25. The molecular weight excluding hydrogens is 148 g/mol. The number of hydrogen-bond acceptors (Lipinski definition) is 2. The van der Waals surface area contributed by atoms with E-state index in [2.05, 4.69) is 24.8 Å². The highest BCUT2D eigenvalue weighted by Gasteiger charge is 2.18. The highest BCUT2D eigenvalue weighted by Crippen LogP contribution is 2.17. The third-order valence-electron chi connectivity index (χ3n) is 2.62. The molecule has 2 nitrogen and oxygen atoms in total. The first kappa shape index (κ1) is 9.54. The van der Waals surface area contributed by atoms with Gasteiger partial charge in [-0.2, -0.15) is 5.26 Å². The molecule has 1 aliphatic rings. The van der Waals surface area contributed by atoms with E-state index in [-0.39, 0.29) is 5.92 Å². The van der Waals surface area contributed by atoms with Crippen molar-refractivity contribution in [1.29, 1.82) is 5.26 Å². The molecule has 1 fully saturated rings. The largest absolute Gasteiger partial charge is 0.300 e. The second-order valence-electron chi connectivity index (χ2n) is 3.91. The Hall–Kier alpha value is -0.550. The minimum absolute atomic E-state index is 0.273. The van der Waals surface area contributed by atoms with Gasteiger partial charge in [-0.1, -0.05) is 6.42 Å². The van der Waals surface area contributed by atoms with Crippen molar-refractivity contribution in [3.05, 3.63) is 0 Å². The van der Waals surface area contributed by atoms with Gasteiger partial charge in [-0.3, -0.25) is 4.90 Å². The Morgan fingerprint density at radius 3 is 2.75 bits per heavy atom. The molecule has 1 unspecified atom stereocenters. The average molecular weight is 166 g/mol. The molecule has 0 saturated carbocycles. The third-order valence-corrected chi connectivity index (χ3v) is 2.62. The molecule has 0 aliphatic carbocycles. The van der Waals surface area contributed by atoms with Gasteiger partial charge < -0.3 is 0 Å². The van der Waals surface area contributed by atoms with Crippen LogP contribution in [0.15, 0.2) is 0 Å². The zero-order valence-electron chi connectivity index (χ0n) is 8.08. The van der Waals surface area contributed by atoms with Crippen molar-refractivity contribution in [2.45, 2.75) is 39.2 Å². The van der Waals surface area contributed by atoms with Gasteiger partial charge in [-0.15, -0.1) is 0 Å². The summed E-state index contributed by atoms with van der Waals surface area (Å²) in [6.45, 7) is 6.57. The summed E-state index contributed by atoms with van der Waals surface area (Å²) in [6, 6.07) is 2.98. The number of nitrogens with zero attached hydrogens (tertiary/aromatic N) is 2. The smallest absolute Gasteiger partial charge is 0.0669 e. The molecule has 68 valence electrons. The van der Waals surface area contributed by atoms with Crippen LogP contribution in [0.1, 0.15) is 33.1 Å². The van der Waals surface area contributed by atoms with E-state index in [1.54, 1.807) is 0 Å². The Morgan fingerprint density at radius 2 is 2.17 bits per heavy atom. The predicted octanol–water partition coefficient (Wildman–Crippen LogP) is 2.02. The second-order valence-corrected chi connectivity index (χ2v) is 3.91. The summed E-state index contributed by atoms with van der Waals surface area (Å²) in [6.07, 6.45) is 3.58. The standard InChI is InChI=1S/C10H18N2/c1-9(2)12-6-4-3-5-10(7-11)8-12/h9-10H,3-6,8H2,1-2H3. The van der Waals surface area contributed by atoms with Crippen molar-refractivity contribution < 1.29 is 0 Å². The highest BCUT2D eigenvalue weighted by atomic mass is 15.1. The van der Waals surface area contributed by atoms with Crippen molar-refractivity contribution >= 4 is 0 Å². The van der Waals surface area contributed by atoms with Gasteiger partial charge in [0.1, 0.15) is 0 Å². The highest BCUT2D eigenvalue weighted by molar-refractivity contribution is 4.87. The van der Waals surface area contributed by atoms with Gasteiger partial charge in [0.2, 0.25) is 0 Å². The lowest BCUT2D eigenvalue weighted by Crippen LogP contribution is -2.34. The molecule has 0 aromatic rings. The molecule has 1 rings (SSSR count). The summed E-state index contributed by atoms with van der Waals surface area (Å²) >= 11 is 0. The first-order valence-corrected chi connectivity index (χ1v) is 4.87. The Labute approximate surface area is 75.2 Å². The van der Waals surface area contributed by atoms with Crippen molar-refractivity contribution in [2.75, 3.05) is 13.1 Å². The van der Waals surface area contributed by atoms with Crippen LogP contribution < -0.4 is 0 Å². The molecule has 2 heteroatoms. The van der Waals surface area contributed by atoms with Gasteiger partial charge in [-0.05, 0) is 33.2 Å². The van der Waals surface area contributed by atoms with Crippen LogP contribution in [0.5, 0.6) is 0 Å². The fourth-order valence-corrected chi connectivity index (χ4v) is 1.75. The van der Waals surface area contributed by atoms with Crippen LogP contribution in [0, 0.1) is 17.2 Å². The zero-order chi connectivity index (χ0) is 8.97.